The highest BCUT2D eigenvalue weighted by molar-refractivity contribution is 9.10. The number of nitrogens with one attached hydrogen (secondary N) is 1. The van der Waals surface area contributed by atoms with Gasteiger partial charge >= 0.3 is 6.18 Å². The molecule has 0 atom stereocenters. The average Bonchev–Trinajstić information content (AvgIpc) is 3.16. The van der Waals surface area contributed by atoms with Gasteiger partial charge in [-0.25, -0.2) is 0 Å². The normalized spacial score (nSPS) is 16.9. The fourth-order valence-electron chi connectivity index (χ4n) is 1.81. The zero-order chi connectivity index (χ0) is 15.0. The van der Waals surface area contributed by atoms with Crippen LogP contribution >= 0.6 is 15.9 Å². The molecule has 0 heterocycles. The summed E-state index contributed by atoms with van der Waals surface area (Å²) in [4.78, 5) is 11.9. The van der Waals surface area contributed by atoms with Crippen LogP contribution in [0.2, 0.25) is 0 Å². The van der Waals surface area contributed by atoms with Crippen LogP contribution in [0.3, 0.4) is 0 Å². The number of halogens is 4. The fraction of sp³-hybridized carbons (Fsp3) is 0.462. The molecule has 7 heteroatoms. The largest absolute Gasteiger partial charge is 0.416 e. The zero-order valence-corrected chi connectivity index (χ0v) is 12.0. The van der Waals surface area contributed by atoms with Gasteiger partial charge in [0.05, 0.1) is 17.7 Å². The zero-order valence-electron chi connectivity index (χ0n) is 10.4. The molecule has 1 saturated carbocycles. The van der Waals surface area contributed by atoms with Crippen LogP contribution in [0.1, 0.15) is 28.8 Å². The lowest BCUT2D eigenvalue weighted by Crippen LogP contribution is -2.32. The maximum absolute atomic E-state index is 12.6. The van der Waals surface area contributed by atoms with E-state index in [0.717, 1.165) is 25.0 Å². The van der Waals surface area contributed by atoms with Crippen LogP contribution in [0.5, 0.6) is 0 Å². The number of rotatable bonds is 4. The van der Waals surface area contributed by atoms with Crippen LogP contribution in [0.15, 0.2) is 22.7 Å². The van der Waals surface area contributed by atoms with Crippen molar-refractivity contribution < 1.29 is 23.1 Å². The number of carbonyl (C=O) groups excluding carboxylic acids is 1. The molecule has 3 nitrogen and oxygen atoms in total. The average molecular weight is 352 g/mol. The van der Waals surface area contributed by atoms with Gasteiger partial charge in [0.1, 0.15) is 0 Å². The summed E-state index contributed by atoms with van der Waals surface area (Å²) < 4.78 is 38.2. The van der Waals surface area contributed by atoms with E-state index in [-0.39, 0.29) is 24.1 Å². The molecule has 0 bridgehead atoms. The molecular formula is C13H13BrF3NO2. The summed E-state index contributed by atoms with van der Waals surface area (Å²) in [6.07, 6.45) is -2.86. The molecule has 0 spiro atoms. The second kappa shape index (κ2) is 5.37. The summed E-state index contributed by atoms with van der Waals surface area (Å²) in [5.41, 5.74) is -1.22. The van der Waals surface area contributed by atoms with E-state index in [4.69, 9.17) is 5.11 Å². The van der Waals surface area contributed by atoms with E-state index < -0.39 is 17.6 Å². The second-order valence-electron chi connectivity index (χ2n) is 5.03. The quantitative estimate of drug-likeness (QED) is 0.876. The number of carbonyl (C=O) groups is 1. The van der Waals surface area contributed by atoms with Crippen molar-refractivity contribution in [2.24, 2.45) is 5.41 Å². The molecular weight excluding hydrogens is 339 g/mol. The second-order valence-corrected chi connectivity index (χ2v) is 5.89. The predicted molar refractivity (Wildman–Crippen MR) is 70.2 cm³/mol. The van der Waals surface area contributed by atoms with Gasteiger partial charge in [-0.3, -0.25) is 4.79 Å². The standard InChI is InChI=1S/C13H13BrF3NO2/c14-10-2-1-8(13(15,16)17)5-9(10)11(20)18-6-12(7-19)3-4-12/h1-2,5,19H,3-4,6-7H2,(H,18,20). The Kier molecular flexibility index (Phi) is 4.11. The Morgan fingerprint density at radius 1 is 1.40 bits per heavy atom. The van der Waals surface area contributed by atoms with Crippen molar-refractivity contribution in [1.82, 2.24) is 5.32 Å². The molecule has 1 aliphatic carbocycles. The van der Waals surface area contributed by atoms with Crippen LogP contribution in [0, 0.1) is 5.41 Å². The first kappa shape index (κ1) is 15.3. The Morgan fingerprint density at radius 2 is 2.05 bits per heavy atom. The SMILES string of the molecule is O=C(NCC1(CO)CC1)c1cc(C(F)(F)F)ccc1Br. The summed E-state index contributed by atoms with van der Waals surface area (Å²) in [5, 5.41) is 11.7. The van der Waals surface area contributed by atoms with Crippen molar-refractivity contribution in [2.45, 2.75) is 19.0 Å². The van der Waals surface area contributed by atoms with Gasteiger partial charge in [0.2, 0.25) is 0 Å². The van der Waals surface area contributed by atoms with Crippen molar-refractivity contribution in [3.05, 3.63) is 33.8 Å². The Labute approximate surface area is 122 Å². The molecule has 2 N–H and O–H groups in total. The van der Waals surface area contributed by atoms with E-state index in [1.165, 1.54) is 6.07 Å². The topological polar surface area (TPSA) is 49.3 Å². The molecule has 0 saturated heterocycles. The van der Waals surface area contributed by atoms with Crippen LogP contribution in [-0.2, 0) is 6.18 Å². The van der Waals surface area contributed by atoms with E-state index in [2.05, 4.69) is 21.2 Å². The van der Waals surface area contributed by atoms with E-state index in [1.54, 1.807) is 0 Å². The summed E-state index contributed by atoms with van der Waals surface area (Å²) in [5.74, 6) is -0.581. The van der Waals surface area contributed by atoms with Crippen LogP contribution in [0.25, 0.3) is 0 Å². The van der Waals surface area contributed by atoms with Crippen molar-refractivity contribution in [3.63, 3.8) is 0 Å². The number of benzene rings is 1. The highest BCUT2D eigenvalue weighted by Gasteiger charge is 2.42. The summed E-state index contributed by atoms with van der Waals surface area (Å²) in [7, 11) is 0. The lowest BCUT2D eigenvalue weighted by molar-refractivity contribution is -0.137. The minimum Gasteiger partial charge on any atom is -0.396 e. The molecule has 1 aromatic rings. The molecule has 2 rings (SSSR count). The van der Waals surface area contributed by atoms with E-state index in [1.807, 2.05) is 0 Å². The molecule has 1 aromatic carbocycles. The molecule has 20 heavy (non-hydrogen) atoms. The van der Waals surface area contributed by atoms with Gasteiger partial charge in [-0.15, -0.1) is 0 Å². The first-order valence-corrected chi connectivity index (χ1v) is 6.83. The molecule has 1 aliphatic rings. The number of alkyl halides is 3. The van der Waals surface area contributed by atoms with Crippen LogP contribution in [-0.4, -0.2) is 24.2 Å². The van der Waals surface area contributed by atoms with Crippen LogP contribution < -0.4 is 5.32 Å². The maximum atomic E-state index is 12.6. The third-order valence-electron chi connectivity index (χ3n) is 3.45. The fourth-order valence-corrected chi connectivity index (χ4v) is 2.23. The van der Waals surface area contributed by atoms with Crippen LogP contribution in [0.4, 0.5) is 13.2 Å². The van der Waals surface area contributed by atoms with Crippen molar-refractivity contribution in [1.29, 1.82) is 0 Å². The highest BCUT2D eigenvalue weighted by atomic mass is 79.9. The van der Waals surface area contributed by atoms with Gasteiger partial charge in [0.15, 0.2) is 0 Å². The lowest BCUT2D eigenvalue weighted by atomic mass is 10.1. The van der Waals surface area contributed by atoms with Gasteiger partial charge in [-0.2, -0.15) is 13.2 Å². The first-order valence-electron chi connectivity index (χ1n) is 6.03. The monoisotopic (exact) mass is 351 g/mol. The Balaban J connectivity index is 2.13. The Morgan fingerprint density at radius 3 is 2.55 bits per heavy atom. The third-order valence-corrected chi connectivity index (χ3v) is 4.15. The smallest absolute Gasteiger partial charge is 0.396 e. The van der Waals surface area contributed by atoms with Gasteiger partial charge in [0.25, 0.3) is 5.91 Å². The van der Waals surface area contributed by atoms with Crippen molar-refractivity contribution in [2.75, 3.05) is 13.2 Å². The lowest BCUT2D eigenvalue weighted by Gasteiger charge is -2.14. The summed E-state index contributed by atoms with van der Waals surface area (Å²) in [6.45, 7) is 0.238. The summed E-state index contributed by atoms with van der Waals surface area (Å²) >= 11 is 3.07. The number of hydrogen-bond donors (Lipinski definition) is 2. The number of aliphatic hydroxyl groups excluding tert-OH is 1. The number of aliphatic hydroxyl groups is 1. The highest BCUT2D eigenvalue weighted by Crippen LogP contribution is 2.44. The van der Waals surface area contributed by atoms with Gasteiger partial charge in [-0.1, -0.05) is 0 Å². The Bertz CT molecular complexity index is 527. The molecule has 0 radical (unpaired) electrons. The number of amides is 1. The maximum Gasteiger partial charge on any atom is 0.416 e. The molecule has 110 valence electrons. The summed E-state index contributed by atoms with van der Waals surface area (Å²) in [6, 6.07) is 2.94. The Hall–Kier alpha value is -1.08. The van der Waals surface area contributed by atoms with E-state index in [0.29, 0.717) is 4.47 Å². The van der Waals surface area contributed by atoms with E-state index >= 15 is 0 Å². The van der Waals surface area contributed by atoms with Gasteiger partial charge in [-0.05, 0) is 47.0 Å². The minimum absolute atomic E-state index is 0.0307. The van der Waals surface area contributed by atoms with Gasteiger partial charge < -0.3 is 10.4 Å². The molecule has 0 aromatic heterocycles. The minimum atomic E-state index is -4.49. The molecule has 1 amide bonds. The molecule has 0 aliphatic heterocycles. The first-order chi connectivity index (χ1) is 9.27. The van der Waals surface area contributed by atoms with Crippen molar-refractivity contribution >= 4 is 21.8 Å². The number of hydrogen-bond acceptors (Lipinski definition) is 2. The van der Waals surface area contributed by atoms with Gasteiger partial charge in [0, 0.05) is 16.4 Å². The van der Waals surface area contributed by atoms with E-state index in [9.17, 15) is 18.0 Å². The molecule has 1 fully saturated rings. The molecule has 0 unspecified atom stereocenters. The third kappa shape index (κ3) is 3.32. The predicted octanol–water partition coefficient (Wildman–Crippen LogP) is 2.97. The van der Waals surface area contributed by atoms with Crippen molar-refractivity contribution in [3.8, 4) is 0 Å².